The van der Waals surface area contributed by atoms with Crippen molar-refractivity contribution in [2.75, 3.05) is 18.5 Å². The molecule has 0 heterocycles. The standard InChI is InChI=1S/C13H17NO5/c1-2-19-11-5-3-10(4-6-11)14-8-9(13(17)18)7-12(15)16/h3-6,9,14H,2,7-8H2,1H3,(H,15,16)(H,17,18)/p-2/t9-/m1/s1. The van der Waals surface area contributed by atoms with Crippen LogP contribution in [0, 0.1) is 5.92 Å². The smallest absolute Gasteiger partial charge is 0.119 e. The van der Waals surface area contributed by atoms with Crippen LogP contribution in [0.1, 0.15) is 13.3 Å². The number of hydrogen-bond donors (Lipinski definition) is 1. The van der Waals surface area contributed by atoms with Gasteiger partial charge in [0.25, 0.3) is 0 Å². The number of nitrogens with one attached hydrogen (secondary N) is 1. The minimum atomic E-state index is -1.41. The summed E-state index contributed by atoms with van der Waals surface area (Å²) in [6, 6.07) is 6.91. The molecule has 1 atom stereocenters. The Hall–Kier alpha value is -2.24. The highest BCUT2D eigenvalue weighted by molar-refractivity contribution is 5.76. The molecule has 19 heavy (non-hydrogen) atoms. The lowest BCUT2D eigenvalue weighted by Gasteiger charge is -2.19. The zero-order chi connectivity index (χ0) is 14.3. The van der Waals surface area contributed by atoms with Gasteiger partial charge in [0.15, 0.2) is 0 Å². The van der Waals surface area contributed by atoms with Crippen molar-refractivity contribution in [2.45, 2.75) is 13.3 Å². The summed E-state index contributed by atoms with van der Waals surface area (Å²) in [7, 11) is 0. The predicted molar refractivity (Wildman–Crippen MR) is 64.2 cm³/mol. The molecular formula is C13H15NO5-2. The molecule has 0 unspecified atom stereocenters. The highest BCUT2D eigenvalue weighted by atomic mass is 16.5. The fourth-order valence-corrected chi connectivity index (χ4v) is 1.52. The van der Waals surface area contributed by atoms with Crippen LogP contribution in [0.3, 0.4) is 0 Å². The first-order chi connectivity index (χ1) is 9.02. The molecule has 6 nitrogen and oxygen atoms in total. The third kappa shape index (κ3) is 5.29. The summed E-state index contributed by atoms with van der Waals surface area (Å²) in [5.74, 6) is -3.25. The topological polar surface area (TPSA) is 102 Å². The molecule has 0 saturated carbocycles. The summed E-state index contributed by atoms with van der Waals surface area (Å²) in [6.07, 6.45) is -0.577. The van der Waals surface area contributed by atoms with Crippen LogP contribution in [-0.2, 0) is 9.59 Å². The third-order valence-electron chi connectivity index (χ3n) is 2.46. The number of rotatable bonds is 8. The van der Waals surface area contributed by atoms with E-state index in [0.717, 1.165) is 0 Å². The summed E-state index contributed by atoms with van der Waals surface area (Å²) in [6.45, 7) is 2.39. The average Bonchev–Trinajstić information content (AvgIpc) is 2.36. The monoisotopic (exact) mass is 265 g/mol. The molecule has 1 N–H and O–H groups in total. The minimum absolute atomic E-state index is 0.0374. The van der Waals surface area contributed by atoms with Crippen molar-refractivity contribution in [1.82, 2.24) is 0 Å². The van der Waals surface area contributed by atoms with Gasteiger partial charge in [0.05, 0.1) is 6.61 Å². The summed E-state index contributed by atoms with van der Waals surface area (Å²) in [5, 5.41) is 24.0. The zero-order valence-electron chi connectivity index (χ0n) is 10.5. The molecule has 0 aliphatic rings. The van der Waals surface area contributed by atoms with Gasteiger partial charge in [-0.15, -0.1) is 0 Å². The summed E-state index contributed by atoms with van der Waals surface area (Å²) in [4.78, 5) is 21.1. The number of carboxylic acid groups (broad SMARTS) is 2. The molecule has 1 aromatic carbocycles. The van der Waals surface area contributed by atoms with E-state index in [1.54, 1.807) is 24.3 Å². The van der Waals surface area contributed by atoms with Crippen molar-refractivity contribution in [2.24, 2.45) is 5.92 Å². The van der Waals surface area contributed by atoms with Crippen LogP contribution >= 0.6 is 0 Å². The number of aliphatic carboxylic acids is 2. The van der Waals surface area contributed by atoms with Crippen LogP contribution < -0.4 is 20.3 Å². The molecule has 0 saturated heterocycles. The quantitative estimate of drug-likeness (QED) is 0.647. The second kappa shape index (κ2) is 7.25. The van der Waals surface area contributed by atoms with E-state index in [1.807, 2.05) is 6.92 Å². The van der Waals surface area contributed by atoms with Crippen molar-refractivity contribution in [3.63, 3.8) is 0 Å². The van der Waals surface area contributed by atoms with Gasteiger partial charge in [-0.25, -0.2) is 0 Å². The van der Waals surface area contributed by atoms with Crippen LogP contribution in [0.5, 0.6) is 5.75 Å². The van der Waals surface area contributed by atoms with E-state index >= 15 is 0 Å². The first kappa shape index (κ1) is 14.8. The number of ether oxygens (including phenoxy) is 1. The first-order valence-corrected chi connectivity index (χ1v) is 5.90. The van der Waals surface area contributed by atoms with E-state index in [4.69, 9.17) is 4.74 Å². The van der Waals surface area contributed by atoms with Gasteiger partial charge < -0.3 is 29.9 Å². The number of carbonyl (C=O) groups excluding carboxylic acids is 2. The molecule has 0 fully saturated rings. The number of anilines is 1. The van der Waals surface area contributed by atoms with Gasteiger partial charge in [0.1, 0.15) is 5.75 Å². The zero-order valence-corrected chi connectivity index (χ0v) is 10.5. The first-order valence-electron chi connectivity index (χ1n) is 5.90. The molecule has 1 aromatic rings. The van der Waals surface area contributed by atoms with Gasteiger partial charge >= 0.3 is 0 Å². The molecule has 0 aliphatic carbocycles. The lowest BCUT2D eigenvalue weighted by molar-refractivity contribution is -0.320. The van der Waals surface area contributed by atoms with Crippen LogP contribution in [-0.4, -0.2) is 25.1 Å². The maximum absolute atomic E-state index is 10.7. The summed E-state index contributed by atoms with van der Waals surface area (Å²) >= 11 is 0. The van der Waals surface area contributed by atoms with Crippen LogP contribution in [0.4, 0.5) is 5.69 Å². The normalized spacial score (nSPS) is 11.6. The van der Waals surface area contributed by atoms with Crippen LogP contribution in [0.15, 0.2) is 24.3 Å². The molecule has 0 aromatic heterocycles. The van der Waals surface area contributed by atoms with E-state index in [2.05, 4.69) is 5.32 Å². The second-order valence-electron chi connectivity index (χ2n) is 3.93. The van der Waals surface area contributed by atoms with Gasteiger partial charge in [-0.2, -0.15) is 0 Å². The summed E-state index contributed by atoms with van der Waals surface area (Å²) in [5.41, 5.74) is 0.674. The number of benzene rings is 1. The van der Waals surface area contributed by atoms with E-state index in [9.17, 15) is 19.8 Å². The Kier molecular flexibility index (Phi) is 5.66. The molecule has 0 bridgehead atoms. The van der Waals surface area contributed by atoms with Crippen LogP contribution in [0.2, 0.25) is 0 Å². The van der Waals surface area contributed by atoms with Crippen molar-refractivity contribution in [1.29, 1.82) is 0 Å². The maximum Gasteiger partial charge on any atom is 0.119 e. The van der Waals surface area contributed by atoms with Crippen LogP contribution in [0.25, 0.3) is 0 Å². The van der Waals surface area contributed by atoms with E-state index in [1.165, 1.54) is 0 Å². The fourth-order valence-electron chi connectivity index (χ4n) is 1.52. The Morgan fingerprint density at radius 1 is 1.26 bits per heavy atom. The summed E-state index contributed by atoms with van der Waals surface area (Å²) < 4.78 is 5.26. The predicted octanol–water partition coefficient (Wildman–Crippen LogP) is -0.997. The third-order valence-corrected chi connectivity index (χ3v) is 2.46. The highest BCUT2D eigenvalue weighted by Crippen LogP contribution is 2.16. The Labute approximate surface area is 111 Å². The van der Waals surface area contributed by atoms with Crippen molar-refractivity contribution in [3.05, 3.63) is 24.3 Å². The molecule has 104 valence electrons. The van der Waals surface area contributed by atoms with Crippen molar-refractivity contribution < 1.29 is 24.5 Å². The van der Waals surface area contributed by atoms with Gasteiger partial charge in [0, 0.05) is 30.1 Å². The Morgan fingerprint density at radius 2 is 1.89 bits per heavy atom. The van der Waals surface area contributed by atoms with Crippen molar-refractivity contribution in [3.8, 4) is 5.75 Å². The van der Waals surface area contributed by atoms with E-state index < -0.39 is 24.3 Å². The Balaban J connectivity index is 2.54. The molecule has 0 aliphatic heterocycles. The fraction of sp³-hybridized carbons (Fsp3) is 0.385. The number of carbonyl (C=O) groups is 2. The maximum atomic E-state index is 10.7. The van der Waals surface area contributed by atoms with E-state index in [0.29, 0.717) is 18.0 Å². The average molecular weight is 265 g/mol. The molecule has 0 amide bonds. The minimum Gasteiger partial charge on any atom is -0.550 e. The molecule has 0 radical (unpaired) electrons. The highest BCUT2D eigenvalue weighted by Gasteiger charge is 2.10. The van der Waals surface area contributed by atoms with Gasteiger partial charge in [0.2, 0.25) is 0 Å². The molecule has 6 heteroatoms. The molecular weight excluding hydrogens is 250 g/mol. The number of carboxylic acids is 2. The van der Waals surface area contributed by atoms with Crippen molar-refractivity contribution >= 4 is 17.6 Å². The van der Waals surface area contributed by atoms with Gasteiger partial charge in [-0.3, -0.25) is 0 Å². The lowest BCUT2D eigenvalue weighted by Crippen LogP contribution is -2.39. The molecule has 1 rings (SSSR count). The Bertz CT molecular complexity index is 429. The lowest BCUT2D eigenvalue weighted by atomic mass is 10.1. The number of hydrogen-bond acceptors (Lipinski definition) is 6. The van der Waals surface area contributed by atoms with E-state index in [-0.39, 0.29) is 6.54 Å². The van der Waals surface area contributed by atoms with Gasteiger partial charge in [-0.1, -0.05) is 0 Å². The SMILES string of the molecule is CCOc1ccc(NC[C@@H](CC(=O)[O-])C(=O)[O-])cc1. The van der Waals surface area contributed by atoms with Gasteiger partial charge in [-0.05, 0) is 37.6 Å². The Morgan fingerprint density at radius 3 is 2.37 bits per heavy atom. The molecule has 0 spiro atoms. The second-order valence-corrected chi connectivity index (χ2v) is 3.93. The largest absolute Gasteiger partial charge is 0.550 e.